The number of nitrogens with one attached hydrogen (secondary N) is 1. The highest BCUT2D eigenvalue weighted by Gasteiger charge is 2.19. The van der Waals surface area contributed by atoms with Crippen LogP contribution in [-0.2, 0) is 21.9 Å². The third-order valence-corrected chi connectivity index (χ3v) is 3.97. The van der Waals surface area contributed by atoms with Crippen LogP contribution in [0.3, 0.4) is 0 Å². The molecule has 2 N–H and O–H groups in total. The number of rotatable bonds is 4. The lowest BCUT2D eigenvalue weighted by Crippen LogP contribution is -2.14. The summed E-state index contributed by atoms with van der Waals surface area (Å²) in [6, 6.07) is 1.52. The topological polar surface area (TPSA) is 106 Å². The highest BCUT2D eigenvalue weighted by Crippen LogP contribution is 2.13. The van der Waals surface area contributed by atoms with Crippen molar-refractivity contribution in [2.24, 2.45) is 7.05 Å². The van der Waals surface area contributed by atoms with E-state index >= 15 is 0 Å². The molecule has 2 aromatic rings. The molecule has 2 rings (SSSR count). The molecule has 0 aromatic carbocycles. The largest absolute Gasteiger partial charge is 0.339 e. The molecule has 0 atom stereocenters. The molecule has 0 saturated heterocycles. The Kier molecular flexibility index (Phi) is 3.72. The first-order chi connectivity index (χ1) is 9.43. The number of hydrogen-bond donors (Lipinski definition) is 2. The normalized spacial score (nSPS) is 11.9. The van der Waals surface area contributed by atoms with Gasteiger partial charge in [-0.15, -0.1) is 0 Å². The maximum Gasteiger partial charge on any atom is 0.286 e. The van der Waals surface area contributed by atoms with Gasteiger partial charge in [0.05, 0.1) is 6.33 Å². The summed E-state index contributed by atoms with van der Waals surface area (Å²) in [4.78, 5) is 14.6. The number of nitrogens with zero attached hydrogens (tertiary/aromatic N) is 3. The zero-order chi connectivity index (χ0) is 14.8. The van der Waals surface area contributed by atoms with Gasteiger partial charge < -0.3 is 4.57 Å². The Balaban J connectivity index is 2.29. The molecule has 2 aromatic heterocycles. The summed E-state index contributed by atoms with van der Waals surface area (Å²) in [7, 11) is -2.07. The number of amides is 1. The van der Waals surface area contributed by atoms with Crippen LogP contribution in [-0.4, -0.2) is 33.1 Å². The Bertz CT molecular complexity index is 757. The number of carbonyl (C=O) groups excluding carboxylic acids is 1. The zero-order valence-corrected chi connectivity index (χ0v) is 11.3. The monoisotopic (exact) mass is 296 g/mol. The molecule has 0 fully saturated rings. The van der Waals surface area contributed by atoms with Gasteiger partial charge in [-0.1, -0.05) is 0 Å². The molecule has 0 radical (unpaired) electrons. The van der Waals surface area contributed by atoms with E-state index in [4.69, 9.17) is 5.21 Å². The molecule has 2 heterocycles. The van der Waals surface area contributed by atoms with Gasteiger partial charge in [0.25, 0.3) is 15.9 Å². The second-order valence-corrected chi connectivity index (χ2v) is 5.76. The fraction of sp³-hybridized carbons (Fsp3) is 0.0909. The molecule has 1 amide bonds. The second kappa shape index (κ2) is 5.31. The third kappa shape index (κ3) is 2.78. The molecular weight excluding hydrogens is 284 g/mol. The van der Waals surface area contributed by atoms with E-state index in [0.717, 1.165) is 10.0 Å². The minimum atomic E-state index is -3.74. The molecule has 0 aliphatic heterocycles. The van der Waals surface area contributed by atoms with Gasteiger partial charge in [-0.05, 0) is 17.7 Å². The first-order valence-corrected chi connectivity index (χ1v) is 6.91. The van der Waals surface area contributed by atoms with Crippen molar-refractivity contribution in [2.45, 2.75) is 5.03 Å². The molecule has 0 aliphatic carbocycles. The maximum atomic E-state index is 12.2. The summed E-state index contributed by atoms with van der Waals surface area (Å²) in [6.45, 7) is 0. The van der Waals surface area contributed by atoms with Crippen LogP contribution in [0.5, 0.6) is 0 Å². The van der Waals surface area contributed by atoms with E-state index in [9.17, 15) is 13.2 Å². The average Bonchev–Trinajstić information content (AvgIpc) is 3.05. The van der Waals surface area contributed by atoms with Crippen molar-refractivity contribution in [1.82, 2.24) is 19.0 Å². The van der Waals surface area contributed by atoms with Crippen LogP contribution in [0.1, 0.15) is 5.56 Å². The van der Waals surface area contributed by atoms with Crippen molar-refractivity contribution in [3.05, 3.63) is 42.6 Å². The van der Waals surface area contributed by atoms with Crippen molar-refractivity contribution in [3.63, 3.8) is 0 Å². The Morgan fingerprint density at radius 1 is 1.45 bits per heavy atom. The molecule has 0 aliphatic rings. The number of aromatic nitrogens is 3. The van der Waals surface area contributed by atoms with Crippen LogP contribution in [0, 0.1) is 0 Å². The van der Waals surface area contributed by atoms with Crippen LogP contribution in [0.25, 0.3) is 6.08 Å². The van der Waals surface area contributed by atoms with Gasteiger partial charge in [0.1, 0.15) is 0 Å². The quantitative estimate of drug-likeness (QED) is 0.468. The molecule has 0 spiro atoms. The van der Waals surface area contributed by atoms with Gasteiger partial charge in [-0.25, -0.2) is 14.4 Å². The van der Waals surface area contributed by atoms with E-state index in [0.29, 0.717) is 5.56 Å². The van der Waals surface area contributed by atoms with Gasteiger partial charge >= 0.3 is 0 Å². The maximum absolute atomic E-state index is 12.2. The predicted molar refractivity (Wildman–Crippen MR) is 69.2 cm³/mol. The summed E-state index contributed by atoms with van der Waals surface area (Å²) >= 11 is 0. The molecule has 9 heteroatoms. The minimum absolute atomic E-state index is 0.0702. The summed E-state index contributed by atoms with van der Waals surface area (Å²) in [6.07, 6.45) is 7.92. The molecule has 106 valence electrons. The fourth-order valence-electron chi connectivity index (χ4n) is 1.48. The highest BCUT2D eigenvalue weighted by atomic mass is 32.2. The Labute approximate surface area is 115 Å². The van der Waals surface area contributed by atoms with Crippen LogP contribution in [0.2, 0.25) is 0 Å². The van der Waals surface area contributed by atoms with E-state index < -0.39 is 15.9 Å². The van der Waals surface area contributed by atoms with Crippen molar-refractivity contribution in [3.8, 4) is 0 Å². The van der Waals surface area contributed by atoms with E-state index in [-0.39, 0.29) is 5.03 Å². The number of hydrogen-bond acceptors (Lipinski definition) is 5. The number of hydroxylamine groups is 1. The van der Waals surface area contributed by atoms with Crippen molar-refractivity contribution >= 4 is 22.0 Å². The van der Waals surface area contributed by atoms with E-state index in [1.165, 1.54) is 47.1 Å². The lowest BCUT2D eigenvalue weighted by Gasteiger charge is -2.00. The average molecular weight is 296 g/mol. The summed E-state index contributed by atoms with van der Waals surface area (Å²) in [5.74, 6) is -0.703. The van der Waals surface area contributed by atoms with E-state index in [1.807, 2.05) is 0 Å². The van der Waals surface area contributed by atoms with Gasteiger partial charge in [0.15, 0.2) is 5.03 Å². The smallest absolute Gasteiger partial charge is 0.286 e. The van der Waals surface area contributed by atoms with Gasteiger partial charge in [0.2, 0.25) is 0 Å². The molecule has 0 unspecified atom stereocenters. The third-order valence-electron chi connectivity index (χ3n) is 2.45. The molecule has 20 heavy (non-hydrogen) atoms. The van der Waals surface area contributed by atoms with E-state index in [2.05, 4.69) is 4.98 Å². The summed E-state index contributed by atoms with van der Waals surface area (Å²) in [5.41, 5.74) is 1.93. The second-order valence-electron chi connectivity index (χ2n) is 3.97. The van der Waals surface area contributed by atoms with Crippen LogP contribution in [0.15, 0.2) is 42.1 Å². The van der Waals surface area contributed by atoms with Crippen molar-refractivity contribution in [2.75, 3.05) is 0 Å². The van der Waals surface area contributed by atoms with Gasteiger partial charge in [0, 0.05) is 31.7 Å². The highest BCUT2D eigenvalue weighted by molar-refractivity contribution is 7.89. The Morgan fingerprint density at radius 2 is 2.20 bits per heavy atom. The first-order valence-electron chi connectivity index (χ1n) is 5.47. The first kappa shape index (κ1) is 14.0. The van der Waals surface area contributed by atoms with E-state index in [1.54, 1.807) is 7.05 Å². The number of aryl methyl sites for hydroxylation is 1. The molecule has 8 nitrogen and oxygen atoms in total. The summed E-state index contributed by atoms with van der Waals surface area (Å²) < 4.78 is 26.9. The zero-order valence-electron chi connectivity index (χ0n) is 10.5. The standard InChI is InChI=1S/C11H12N4O4S/c1-14-7-11(12-8-14)20(18,19)15-5-4-9(6-15)2-3-10(16)13-17/h2-8,17H,1H3,(H,13,16)/b3-2+. The number of carbonyl (C=O) groups is 1. The number of imidazole rings is 1. The lowest BCUT2D eigenvalue weighted by molar-refractivity contribution is -0.124. The van der Waals surface area contributed by atoms with Crippen molar-refractivity contribution in [1.29, 1.82) is 0 Å². The Morgan fingerprint density at radius 3 is 2.80 bits per heavy atom. The van der Waals surface area contributed by atoms with Gasteiger partial charge in [-0.3, -0.25) is 10.0 Å². The molecule has 0 bridgehead atoms. The summed E-state index contributed by atoms with van der Waals surface area (Å²) in [5, 5.41) is 8.27. The Hall–Kier alpha value is -2.39. The van der Waals surface area contributed by atoms with Crippen LogP contribution < -0.4 is 5.48 Å². The lowest BCUT2D eigenvalue weighted by atomic mass is 10.3. The minimum Gasteiger partial charge on any atom is -0.339 e. The van der Waals surface area contributed by atoms with Crippen LogP contribution >= 0.6 is 0 Å². The van der Waals surface area contributed by atoms with Gasteiger partial charge in [-0.2, -0.15) is 8.42 Å². The predicted octanol–water partition coefficient (Wildman–Crippen LogP) is -0.0228. The fourth-order valence-corrected chi connectivity index (χ4v) is 2.66. The SMILES string of the molecule is Cn1cnc(S(=O)(=O)n2ccc(/C=C/C(=O)NO)c2)c1. The van der Waals surface area contributed by atoms with Crippen molar-refractivity contribution < 1.29 is 18.4 Å². The van der Waals surface area contributed by atoms with Crippen LogP contribution in [0.4, 0.5) is 0 Å². The molecule has 0 saturated carbocycles. The molecular formula is C11H12N4O4S.